The van der Waals surface area contributed by atoms with Gasteiger partial charge in [-0.2, -0.15) is 0 Å². The molecular weight excluding hydrogens is 460 g/mol. The second-order valence-corrected chi connectivity index (χ2v) is 7.99. The smallest absolute Gasteiger partial charge is 0.338 e. The van der Waals surface area contributed by atoms with Gasteiger partial charge >= 0.3 is 5.97 Å². The van der Waals surface area contributed by atoms with Gasteiger partial charge in [0.15, 0.2) is 13.2 Å². The molecule has 188 valence electrons. The number of hydrogen-bond donors (Lipinski definition) is 2. The van der Waals surface area contributed by atoms with Crippen LogP contribution in [0.25, 0.3) is 0 Å². The molecular formula is C28H30N2O6. The number of methoxy groups -OCH3 is 1. The molecule has 0 aliphatic rings. The standard InChI is InChI=1S/C28H30N2O6/c1-3-8-25(20-9-5-4-6-10-20)30-27(32)19-36-28(33)21-13-15-23(16-14-21)35-18-26(31)29-22-11-7-12-24(17-22)34-2/h4-7,9-17,25H,3,8,18-19H2,1-2H3,(H,29,31)(H,30,32). The minimum absolute atomic E-state index is 0.139. The van der Waals surface area contributed by atoms with Crippen LogP contribution in [0.1, 0.15) is 41.7 Å². The Morgan fingerprint density at radius 2 is 1.58 bits per heavy atom. The molecule has 0 aliphatic carbocycles. The van der Waals surface area contributed by atoms with E-state index in [1.54, 1.807) is 43.5 Å². The maximum absolute atomic E-state index is 12.4. The fraction of sp³-hybridized carbons (Fsp3) is 0.250. The van der Waals surface area contributed by atoms with Crippen molar-refractivity contribution >= 4 is 23.5 Å². The Hall–Kier alpha value is -4.33. The van der Waals surface area contributed by atoms with E-state index in [2.05, 4.69) is 10.6 Å². The molecule has 2 amide bonds. The van der Waals surface area contributed by atoms with Gasteiger partial charge in [-0.05, 0) is 48.4 Å². The van der Waals surface area contributed by atoms with E-state index in [4.69, 9.17) is 14.2 Å². The van der Waals surface area contributed by atoms with E-state index in [1.165, 1.54) is 12.1 Å². The number of carbonyl (C=O) groups excluding carboxylic acids is 3. The highest BCUT2D eigenvalue weighted by Gasteiger charge is 2.16. The molecule has 1 atom stereocenters. The molecule has 8 heteroatoms. The molecule has 0 spiro atoms. The average molecular weight is 491 g/mol. The first-order chi connectivity index (χ1) is 17.5. The normalized spacial score (nSPS) is 11.2. The number of nitrogens with one attached hydrogen (secondary N) is 2. The number of carbonyl (C=O) groups is 3. The second-order valence-electron chi connectivity index (χ2n) is 7.99. The number of esters is 1. The van der Waals surface area contributed by atoms with Crippen LogP contribution in [0.4, 0.5) is 5.69 Å². The molecule has 3 aromatic carbocycles. The number of ether oxygens (including phenoxy) is 3. The Labute approximate surface area is 210 Å². The summed E-state index contributed by atoms with van der Waals surface area (Å²) in [7, 11) is 1.55. The van der Waals surface area contributed by atoms with E-state index in [0.29, 0.717) is 17.2 Å². The SMILES string of the molecule is CCCC(NC(=O)COC(=O)c1ccc(OCC(=O)Nc2cccc(OC)c2)cc1)c1ccccc1. The molecule has 3 rings (SSSR count). The van der Waals surface area contributed by atoms with Crippen molar-refractivity contribution in [1.29, 1.82) is 0 Å². The van der Waals surface area contributed by atoms with Gasteiger partial charge in [-0.25, -0.2) is 4.79 Å². The van der Waals surface area contributed by atoms with E-state index < -0.39 is 5.97 Å². The Balaban J connectivity index is 1.44. The van der Waals surface area contributed by atoms with Crippen LogP contribution in [-0.4, -0.2) is 38.1 Å². The minimum Gasteiger partial charge on any atom is -0.497 e. The minimum atomic E-state index is -0.626. The lowest BCUT2D eigenvalue weighted by Gasteiger charge is -2.18. The van der Waals surface area contributed by atoms with Gasteiger partial charge in [0.25, 0.3) is 11.8 Å². The third-order valence-electron chi connectivity index (χ3n) is 5.26. The highest BCUT2D eigenvalue weighted by atomic mass is 16.5. The zero-order valence-electron chi connectivity index (χ0n) is 20.4. The zero-order chi connectivity index (χ0) is 25.8. The second kappa shape index (κ2) is 13.5. The molecule has 3 aromatic rings. The quantitative estimate of drug-likeness (QED) is 0.362. The molecule has 36 heavy (non-hydrogen) atoms. The van der Waals surface area contributed by atoms with Crippen LogP contribution in [0.2, 0.25) is 0 Å². The molecule has 0 aliphatic heterocycles. The summed E-state index contributed by atoms with van der Waals surface area (Å²) in [5.74, 6) is -0.289. The zero-order valence-corrected chi connectivity index (χ0v) is 20.4. The Morgan fingerprint density at radius 3 is 2.28 bits per heavy atom. The highest BCUT2D eigenvalue weighted by Crippen LogP contribution is 2.19. The van der Waals surface area contributed by atoms with Gasteiger partial charge in [0.1, 0.15) is 11.5 Å². The average Bonchev–Trinajstić information content (AvgIpc) is 2.91. The summed E-state index contributed by atoms with van der Waals surface area (Å²) in [4.78, 5) is 36.8. The number of anilines is 1. The van der Waals surface area contributed by atoms with Gasteiger partial charge in [0.05, 0.1) is 18.7 Å². The molecule has 0 bridgehead atoms. The summed E-state index contributed by atoms with van der Waals surface area (Å²) in [6.45, 7) is 1.46. The van der Waals surface area contributed by atoms with Crippen LogP contribution < -0.4 is 20.1 Å². The Kier molecular flexibility index (Phi) is 9.88. The molecule has 2 N–H and O–H groups in total. The molecule has 0 aromatic heterocycles. The van der Waals surface area contributed by atoms with Crippen molar-refractivity contribution in [2.45, 2.75) is 25.8 Å². The van der Waals surface area contributed by atoms with Crippen LogP contribution >= 0.6 is 0 Å². The van der Waals surface area contributed by atoms with Crippen molar-refractivity contribution in [3.05, 3.63) is 90.0 Å². The first-order valence-electron chi connectivity index (χ1n) is 11.7. The predicted molar refractivity (Wildman–Crippen MR) is 136 cm³/mol. The lowest BCUT2D eigenvalue weighted by Crippen LogP contribution is -2.32. The molecule has 0 radical (unpaired) electrons. The van der Waals surface area contributed by atoms with Gasteiger partial charge < -0.3 is 24.8 Å². The van der Waals surface area contributed by atoms with E-state index in [-0.39, 0.29) is 36.6 Å². The van der Waals surface area contributed by atoms with Crippen molar-refractivity contribution in [3.8, 4) is 11.5 Å². The maximum Gasteiger partial charge on any atom is 0.338 e. The molecule has 1 unspecified atom stereocenters. The van der Waals surface area contributed by atoms with Crippen molar-refractivity contribution in [2.75, 3.05) is 25.6 Å². The van der Waals surface area contributed by atoms with Gasteiger partial charge in [-0.15, -0.1) is 0 Å². The van der Waals surface area contributed by atoms with Crippen molar-refractivity contribution < 1.29 is 28.6 Å². The molecule has 8 nitrogen and oxygen atoms in total. The fourth-order valence-electron chi connectivity index (χ4n) is 3.48. The fourth-order valence-corrected chi connectivity index (χ4v) is 3.48. The first kappa shape index (κ1) is 26.3. The number of hydrogen-bond acceptors (Lipinski definition) is 6. The van der Waals surface area contributed by atoms with Crippen LogP contribution in [0.15, 0.2) is 78.9 Å². The van der Waals surface area contributed by atoms with Crippen LogP contribution in [0.5, 0.6) is 11.5 Å². The molecule has 0 saturated carbocycles. The maximum atomic E-state index is 12.4. The van der Waals surface area contributed by atoms with E-state index in [1.807, 2.05) is 37.3 Å². The summed E-state index contributed by atoms with van der Waals surface area (Å²) in [6.07, 6.45) is 1.68. The van der Waals surface area contributed by atoms with E-state index in [9.17, 15) is 14.4 Å². The Bertz CT molecular complexity index is 1150. The largest absolute Gasteiger partial charge is 0.497 e. The van der Waals surface area contributed by atoms with Gasteiger partial charge in [0, 0.05) is 11.8 Å². The van der Waals surface area contributed by atoms with Crippen LogP contribution in [0.3, 0.4) is 0 Å². The summed E-state index contributed by atoms with van der Waals surface area (Å²) in [6, 6.07) is 22.7. The number of amides is 2. The first-order valence-corrected chi connectivity index (χ1v) is 11.7. The third kappa shape index (κ3) is 8.16. The summed E-state index contributed by atoms with van der Waals surface area (Å²) in [5, 5.41) is 5.64. The van der Waals surface area contributed by atoms with Crippen molar-refractivity contribution in [2.24, 2.45) is 0 Å². The topological polar surface area (TPSA) is 103 Å². The number of benzene rings is 3. The Morgan fingerprint density at radius 1 is 0.833 bits per heavy atom. The van der Waals surface area contributed by atoms with E-state index >= 15 is 0 Å². The molecule has 0 saturated heterocycles. The summed E-state index contributed by atoms with van der Waals surface area (Å²) in [5.41, 5.74) is 1.87. The van der Waals surface area contributed by atoms with Crippen LogP contribution in [-0.2, 0) is 14.3 Å². The third-order valence-corrected chi connectivity index (χ3v) is 5.26. The predicted octanol–water partition coefficient (Wildman–Crippen LogP) is 4.53. The van der Waals surface area contributed by atoms with Gasteiger partial charge in [-0.1, -0.05) is 49.7 Å². The summed E-state index contributed by atoms with van der Waals surface area (Å²) >= 11 is 0. The lowest BCUT2D eigenvalue weighted by atomic mass is 10.0. The monoisotopic (exact) mass is 490 g/mol. The molecule has 0 heterocycles. The van der Waals surface area contributed by atoms with Crippen molar-refractivity contribution in [1.82, 2.24) is 5.32 Å². The van der Waals surface area contributed by atoms with Gasteiger partial charge in [0.2, 0.25) is 0 Å². The van der Waals surface area contributed by atoms with Crippen molar-refractivity contribution in [3.63, 3.8) is 0 Å². The highest BCUT2D eigenvalue weighted by molar-refractivity contribution is 5.92. The lowest BCUT2D eigenvalue weighted by molar-refractivity contribution is -0.125. The molecule has 0 fully saturated rings. The van der Waals surface area contributed by atoms with Gasteiger partial charge in [-0.3, -0.25) is 9.59 Å². The number of rotatable bonds is 12. The summed E-state index contributed by atoms with van der Waals surface area (Å²) < 4.78 is 15.8. The van der Waals surface area contributed by atoms with Crippen LogP contribution in [0, 0.1) is 0 Å². The van der Waals surface area contributed by atoms with E-state index in [0.717, 1.165) is 18.4 Å².